The molecule has 0 aliphatic carbocycles. The second-order valence-electron chi connectivity index (χ2n) is 4.88. The lowest BCUT2D eigenvalue weighted by Gasteiger charge is -2.07. The molecule has 0 spiro atoms. The third-order valence-electron chi connectivity index (χ3n) is 3.49. The van der Waals surface area contributed by atoms with Crippen LogP contribution in [-0.2, 0) is 4.74 Å². The van der Waals surface area contributed by atoms with E-state index in [1.165, 1.54) is 12.0 Å². The summed E-state index contributed by atoms with van der Waals surface area (Å²) in [6.45, 7) is 0. The van der Waals surface area contributed by atoms with Crippen molar-refractivity contribution >= 4 is 17.7 Å². The van der Waals surface area contributed by atoms with Gasteiger partial charge in [-0.2, -0.15) is 5.10 Å². The van der Waals surface area contributed by atoms with Crippen LogP contribution in [0.25, 0.3) is 16.9 Å². The van der Waals surface area contributed by atoms with Gasteiger partial charge in [0, 0.05) is 10.5 Å². The minimum Gasteiger partial charge on any atom is -0.464 e. The standard InChI is InChI=1S/C18H16N2O2S/c1-22-18(21)16-12-17(13-8-10-15(23-2)11-9-13)20(19-16)14-6-4-3-5-7-14/h3-12H,1-2H3. The molecule has 116 valence electrons. The van der Waals surface area contributed by atoms with Crippen molar-refractivity contribution in [3.63, 3.8) is 0 Å². The summed E-state index contributed by atoms with van der Waals surface area (Å²) in [6.07, 6.45) is 2.04. The van der Waals surface area contributed by atoms with Crippen molar-refractivity contribution in [3.8, 4) is 16.9 Å². The third-order valence-corrected chi connectivity index (χ3v) is 4.23. The molecule has 23 heavy (non-hydrogen) atoms. The second-order valence-corrected chi connectivity index (χ2v) is 5.76. The van der Waals surface area contributed by atoms with Crippen molar-refractivity contribution < 1.29 is 9.53 Å². The lowest BCUT2D eigenvalue weighted by atomic mass is 10.1. The average molecular weight is 324 g/mol. The van der Waals surface area contributed by atoms with Crippen LogP contribution in [0.2, 0.25) is 0 Å². The number of carbonyl (C=O) groups is 1. The van der Waals surface area contributed by atoms with Gasteiger partial charge in [0.2, 0.25) is 0 Å². The highest BCUT2D eigenvalue weighted by molar-refractivity contribution is 7.98. The van der Waals surface area contributed by atoms with Crippen LogP contribution < -0.4 is 0 Å². The van der Waals surface area contributed by atoms with E-state index in [9.17, 15) is 4.79 Å². The SMILES string of the molecule is COC(=O)c1cc(-c2ccc(SC)cc2)n(-c2ccccc2)n1. The van der Waals surface area contributed by atoms with Crippen LogP contribution in [-0.4, -0.2) is 29.1 Å². The molecule has 0 unspecified atom stereocenters. The van der Waals surface area contributed by atoms with Crippen molar-refractivity contribution in [2.75, 3.05) is 13.4 Å². The van der Waals surface area contributed by atoms with Gasteiger partial charge >= 0.3 is 5.97 Å². The number of carbonyl (C=O) groups excluding carboxylic acids is 1. The van der Waals surface area contributed by atoms with Crippen molar-refractivity contribution in [2.45, 2.75) is 4.90 Å². The van der Waals surface area contributed by atoms with Gasteiger partial charge in [-0.15, -0.1) is 11.8 Å². The first-order valence-corrected chi connectivity index (χ1v) is 8.33. The Morgan fingerprint density at radius 2 is 1.78 bits per heavy atom. The number of methoxy groups -OCH3 is 1. The van der Waals surface area contributed by atoms with Gasteiger partial charge in [0.1, 0.15) is 0 Å². The molecule has 0 amide bonds. The molecule has 0 radical (unpaired) electrons. The fraction of sp³-hybridized carbons (Fsp3) is 0.111. The molecular formula is C18H16N2O2S. The number of aromatic nitrogens is 2. The molecule has 2 aromatic carbocycles. The minimum atomic E-state index is -0.443. The van der Waals surface area contributed by atoms with Gasteiger partial charge in [-0.3, -0.25) is 0 Å². The van der Waals surface area contributed by atoms with E-state index in [4.69, 9.17) is 4.74 Å². The van der Waals surface area contributed by atoms with Gasteiger partial charge in [-0.25, -0.2) is 9.48 Å². The van der Waals surface area contributed by atoms with Gasteiger partial charge in [-0.05, 0) is 36.6 Å². The first-order chi connectivity index (χ1) is 11.2. The molecule has 0 fully saturated rings. The van der Waals surface area contributed by atoms with Crippen LogP contribution >= 0.6 is 11.8 Å². The monoisotopic (exact) mass is 324 g/mol. The Kier molecular flexibility index (Phi) is 4.48. The highest BCUT2D eigenvalue weighted by Gasteiger charge is 2.16. The number of thioether (sulfide) groups is 1. The Hall–Kier alpha value is -2.53. The molecule has 0 bridgehead atoms. The average Bonchev–Trinajstić information content (AvgIpc) is 3.07. The van der Waals surface area contributed by atoms with Crippen molar-refractivity contribution in [2.24, 2.45) is 0 Å². The predicted molar refractivity (Wildman–Crippen MR) is 92.1 cm³/mol. The zero-order valence-electron chi connectivity index (χ0n) is 12.9. The van der Waals surface area contributed by atoms with Gasteiger partial charge in [0.05, 0.1) is 18.5 Å². The Labute approximate surface area is 139 Å². The van der Waals surface area contributed by atoms with E-state index in [1.807, 2.05) is 48.7 Å². The molecule has 5 heteroatoms. The third kappa shape index (κ3) is 3.14. The summed E-state index contributed by atoms with van der Waals surface area (Å²) in [6, 6.07) is 19.7. The van der Waals surface area contributed by atoms with E-state index in [2.05, 4.69) is 17.2 Å². The Morgan fingerprint density at radius 3 is 2.39 bits per heavy atom. The van der Waals surface area contributed by atoms with Crippen LogP contribution in [0.5, 0.6) is 0 Å². The summed E-state index contributed by atoms with van der Waals surface area (Å²) in [4.78, 5) is 13.0. The number of para-hydroxylation sites is 1. The number of benzene rings is 2. The van der Waals surface area contributed by atoms with Crippen LogP contribution in [0.15, 0.2) is 65.6 Å². The lowest BCUT2D eigenvalue weighted by molar-refractivity contribution is 0.0593. The van der Waals surface area contributed by atoms with Gasteiger partial charge in [0.15, 0.2) is 5.69 Å². The first-order valence-electron chi connectivity index (χ1n) is 7.11. The quantitative estimate of drug-likeness (QED) is 0.536. The fourth-order valence-corrected chi connectivity index (χ4v) is 2.73. The number of esters is 1. The summed E-state index contributed by atoms with van der Waals surface area (Å²) in [7, 11) is 1.36. The number of hydrogen-bond acceptors (Lipinski definition) is 4. The zero-order valence-corrected chi connectivity index (χ0v) is 13.7. The maximum absolute atomic E-state index is 11.8. The highest BCUT2D eigenvalue weighted by Crippen LogP contribution is 2.26. The van der Waals surface area contributed by atoms with Crippen LogP contribution in [0.3, 0.4) is 0 Å². The van der Waals surface area contributed by atoms with E-state index in [0.29, 0.717) is 5.69 Å². The van der Waals surface area contributed by atoms with E-state index >= 15 is 0 Å². The van der Waals surface area contributed by atoms with Crippen LogP contribution in [0.4, 0.5) is 0 Å². The van der Waals surface area contributed by atoms with Gasteiger partial charge in [0.25, 0.3) is 0 Å². The molecule has 0 atom stereocenters. The maximum atomic E-state index is 11.8. The Morgan fingerprint density at radius 1 is 1.09 bits per heavy atom. The molecule has 1 aromatic heterocycles. The lowest BCUT2D eigenvalue weighted by Crippen LogP contribution is -2.04. The predicted octanol–water partition coefficient (Wildman–Crippen LogP) is 4.05. The normalized spacial score (nSPS) is 10.5. The second kappa shape index (κ2) is 6.71. The Bertz CT molecular complexity index is 811. The highest BCUT2D eigenvalue weighted by atomic mass is 32.2. The molecule has 0 aliphatic heterocycles. The molecule has 0 saturated carbocycles. The fourth-order valence-electron chi connectivity index (χ4n) is 2.32. The van der Waals surface area contributed by atoms with Crippen molar-refractivity contribution in [1.29, 1.82) is 0 Å². The summed E-state index contributed by atoms with van der Waals surface area (Å²) < 4.78 is 6.56. The number of ether oxygens (including phenoxy) is 1. The van der Waals surface area contributed by atoms with Crippen LogP contribution in [0, 0.1) is 0 Å². The molecule has 1 heterocycles. The maximum Gasteiger partial charge on any atom is 0.358 e. The molecule has 3 aromatic rings. The van der Waals surface area contributed by atoms with E-state index in [-0.39, 0.29) is 0 Å². The summed E-state index contributed by atoms with van der Waals surface area (Å²) >= 11 is 1.69. The molecule has 3 rings (SSSR count). The van der Waals surface area contributed by atoms with E-state index in [1.54, 1.807) is 22.5 Å². The zero-order chi connectivity index (χ0) is 16.2. The number of nitrogens with zero attached hydrogens (tertiary/aromatic N) is 2. The first kappa shape index (κ1) is 15.4. The van der Waals surface area contributed by atoms with E-state index < -0.39 is 5.97 Å². The van der Waals surface area contributed by atoms with Crippen molar-refractivity contribution in [3.05, 3.63) is 66.4 Å². The topological polar surface area (TPSA) is 44.1 Å². The number of rotatable bonds is 4. The molecule has 0 aliphatic rings. The molecular weight excluding hydrogens is 308 g/mol. The van der Waals surface area contributed by atoms with E-state index in [0.717, 1.165) is 16.9 Å². The summed E-state index contributed by atoms with van der Waals surface area (Å²) in [5, 5.41) is 4.41. The molecule has 0 N–H and O–H groups in total. The number of hydrogen-bond donors (Lipinski definition) is 0. The largest absolute Gasteiger partial charge is 0.464 e. The van der Waals surface area contributed by atoms with Crippen molar-refractivity contribution in [1.82, 2.24) is 9.78 Å². The van der Waals surface area contributed by atoms with Gasteiger partial charge in [-0.1, -0.05) is 30.3 Å². The summed E-state index contributed by atoms with van der Waals surface area (Å²) in [5.74, 6) is -0.443. The minimum absolute atomic E-state index is 0.292. The summed E-state index contributed by atoms with van der Waals surface area (Å²) in [5.41, 5.74) is 3.03. The van der Waals surface area contributed by atoms with Crippen LogP contribution in [0.1, 0.15) is 10.5 Å². The van der Waals surface area contributed by atoms with Gasteiger partial charge < -0.3 is 4.74 Å². The Balaban J connectivity index is 2.13. The molecule has 0 saturated heterocycles. The smallest absolute Gasteiger partial charge is 0.358 e. The molecule has 4 nitrogen and oxygen atoms in total.